The van der Waals surface area contributed by atoms with Crippen molar-refractivity contribution in [1.82, 2.24) is 5.32 Å². The van der Waals surface area contributed by atoms with Gasteiger partial charge in [0.2, 0.25) is 11.8 Å². The van der Waals surface area contributed by atoms with Crippen molar-refractivity contribution in [3.05, 3.63) is 0 Å². The highest BCUT2D eigenvalue weighted by Crippen LogP contribution is 2.42. The number of primary amides is 1. The molecule has 0 saturated heterocycles. The van der Waals surface area contributed by atoms with E-state index in [2.05, 4.69) is 5.32 Å². The molecule has 1 saturated carbocycles. The fourth-order valence-corrected chi connectivity index (χ4v) is 2.12. The molecule has 0 aromatic carbocycles. The summed E-state index contributed by atoms with van der Waals surface area (Å²) in [5.74, 6) is -2.42. The van der Waals surface area contributed by atoms with Gasteiger partial charge in [-0.25, -0.2) is 4.79 Å². The molecule has 7 nitrogen and oxygen atoms in total. The summed E-state index contributed by atoms with van der Waals surface area (Å²) in [6.07, 6.45) is 2.59. The van der Waals surface area contributed by atoms with E-state index >= 15 is 0 Å². The first-order valence-corrected chi connectivity index (χ1v) is 5.89. The number of hydrogen-bond donors (Lipinski definition) is 4. The molecule has 0 aromatic rings. The molecular weight excluding hydrogens is 238 g/mol. The van der Waals surface area contributed by atoms with Crippen molar-refractivity contribution in [1.29, 1.82) is 0 Å². The molecule has 1 atom stereocenters. The first kappa shape index (κ1) is 14.4. The van der Waals surface area contributed by atoms with Gasteiger partial charge in [0, 0.05) is 6.42 Å². The highest BCUT2D eigenvalue weighted by atomic mass is 16.4. The van der Waals surface area contributed by atoms with Crippen LogP contribution in [0, 0.1) is 5.41 Å². The second-order valence-electron chi connectivity index (χ2n) is 4.86. The van der Waals surface area contributed by atoms with Crippen LogP contribution in [0.4, 0.5) is 0 Å². The predicted octanol–water partition coefficient (Wildman–Crippen LogP) is -1.05. The van der Waals surface area contributed by atoms with Gasteiger partial charge in [0.05, 0.1) is 6.42 Å². The molecule has 0 spiro atoms. The minimum Gasteiger partial charge on any atom is -0.480 e. The van der Waals surface area contributed by atoms with Crippen LogP contribution in [0.3, 0.4) is 0 Å². The van der Waals surface area contributed by atoms with E-state index in [0.29, 0.717) is 6.54 Å². The number of carbonyl (C=O) groups excluding carboxylic acids is 2. The third kappa shape index (κ3) is 3.69. The van der Waals surface area contributed by atoms with Crippen molar-refractivity contribution in [2.24, 2.45) is 16.9 Å². The molecule has 7 heteroatoms. The third-order valence-corrected chi connectivity index (χ3v) is 3.42. The molecule has 1 fully saturated rings. The quantitative estimate of drug-likeness (QED) is 0.461. The van der Waals surface area contributed by atoms with E-state index in [1.54, 1.807) is 0 Å². The first-order valence-electron chi connectivity index (χ1n) is 5.89. The number of amides is 2. The minimum atomic E-state index is -1.27. The summed E-state index contributed by atoms with van der Waals surface area (Å²) in [4.78, 5) is 33.3. The molecule has 0 radical (unpaired) electrons. The maximum Gasteiger partial charge on any atom is 0.326 e. The second-order valence-corrected chi connectivity index (χ2v) is 4.86. The summed E-state index contributed by atoms with van der Waals surface area (Å²) < 4.78 is 0. The average molecular weight is 257 g/mol. The van der Waals surface area contributed by atoms with Crippen LogP contribution in [-0.4, -0.2) is 35.5 Å². The van der Waals surface area contributed by atoms with Crippen LogP contribution in [0.2, 0.25) is 0 Å². The maximum atomic E-state index is 11.7. The average Bonchev–Trinajstić information content (AvgIpc) is 2.21. The Balaban J connectivity index is 2.50. The summed E-state index contributed by atoms with van der Waals surface area (Å²) in [6.45, 7) is 0.411. The van der Waals surface area contributed by atoms with E-state index in [1.807, 2.05) is 0 Å². The molecule has 0 bridgehead atoms. The SMILES string of the molecule is NCC1(CC(=O)N[C@@H](CC(N)=O)C(=O)O)CCC1. The van der Waals surface area contributed by atoms with Gasteiger partial charge >= 0.3 is 5.97 Å². The van der Waals surface area contributed by atoms with Gasteiger partial charge in [-0.15, -0.1) is 0 Å². The molecule has 2 amide bonds. The molecule has 18 heavy (non-hydrogen) atoms. The van der Waals surface area contributed by atoms with Gasteiger partial charge in [-0.05, 0) is 24.8 Å². The number of rotatable bonds is 7. The largest absolute Gasteiger partial charge is 0.480 e. The molecule has 1 aliphatic carbocycles. The Bertz CT molecular complexity index is 347. The summed E-state index contributed by atoms with van der Waals surface area (Å²) in [6, 6.07) is -1.26. The number of aliphatic carboxylic acids is 1. The van der Waals surface area contributed by atoms with E-state index in [4.69, 9.17) is 16.6 Å². The lowest BCUT2D eigenvalue weighted by molar-refractivity contribution is -0.143. The molecule has 0 aliphatic heterocycles. The third-order valence-electron chi connectivity index (χ3n) is 3.42. The number of nitrogens with two attached hydrogens (primary N) is 2. The molecule has 1 rings (SSSR count). The Morgan fingerprint density at radius 3 is 2.28 bits per heavy atom. The topological polar surface area (TPSA) is 136 Å². The zero-order valence-corrected chi connectivity index (χ0v) is 10.1. The number of carboxylic acid groups (broad SMARTS) is 1. The molecule has 0 aromatic heterocycles. The van der Waals surface area contributed by atoms with Gasteiger partial charge in [-0.3, -0.25) is 9.59 Å². The van der Waals surface area contributed by atoms with Crippen LogP contribution in [0.1, 0.15) is 32.1 Å². The van der Waals surface area contributed by atoms with E-state index in [0.717, 1.165) is 19.3 Å². The van der Waals surface area contributed by atoms with Gasteiger partial charge in [0.1, 0.15) is 6.04 Å². The molecule has 0 heterocycles. The van der Waals surface area contributed by atoms with E-state index < -0.39 is 30.2 Å². The molecule has 102 valence electrons. The second kappa shape index (κ2) is 5.81. The highest BCUT2D eigenvalue weighted by Gasteiger charge is 2.38. The molecule has 6 N–H and O–H groups in total. The van der Waals surface area contributed by atoms with Crippen LogP contribution < -0.4 is 16.8 Å². The Kier molecular flexibility index (Phi) is 4.66. The summed E-state index contributed by atoms with van der Waals surface area (Å²) in [5, 5.41) is 11.2. The van der Waals surface area contributed by atoms with Crippen LogP contribution in [-0.2, 0) is 14.4 Å². The van der Waals surface area contributed by atoms with Crippen LogP contribution >= 0.6 is 0 Å². The van der Waals surface area contributed by atoms with Gasteiger partial charge < -0.3 is 21.9 Å². The number of nitrogens with one attached hydrogen (secondary N) is 1. The number of hydrogen-bond acceptors (Lipinski definition) is 4. The summed E-state index contributed by atoms with van der Waals surface area (Å²) in [7, 11) is 0. The standard InChI is InChI=1S/C11H19N3O4/c12-6-11(2-1-3-11)5-9(16)14-7(10(17)18)4-8(13)15/h7H,1-6,12H2,(H2,13,15)(H,14,16)(H,17,18)/t7-/m0/s1. The summed E-state index contributed by atoms with van der Waals surface area (Å²) in [5.41, 5.74) is 10.3. The fraction of sp³-hybridized carbons (Fsp3) is 0.727. The Morgan fingerprint density at radius 2 is 1.94 bits per heavy atom. The highest BCUT2D eigenvalue weighted by molar-refractivity contribution is 5.88. The van der Waals surface area contributed by atoms with E-state index in [1.165, 1.54) is 0 Å². The Morgan fingerprint density at radius 1 is 1.33 bits per heavy atom. The van der Waals surface area contributed by atoms with Crippen molar-refractivity contribution >= 4 is 17.8 Å². The monoisotopic (exact) mass is 257 g/mol. The van der Waals surface area contributed by atoms with E-state index in [-0.39, 0.29) is 11.8 Å². The lowest BCUT2D eigenvalue weighted by Crippen LogP contribution is -2.47. The van der Waals surface area contributed by atoms with E-state index in [9.17, 15) is 14.4 Å². The lowest BCUT2D eigenvalue weighted by atomic mass is 9.66. The van der Waals surface area contributed by atoms with Crippen molar-refractivity contribution in [2.45, 2.75) is 38.1 Å². The van der Waals surface area contributed by atoms with Crippen LogP contribution in [0.25, 0.3) is 0 Å². The number of carboxylic acids is 1. The lowest BCUT2D eigenvalue weighted by Gasteiger charge is -2.40. The smallest absolute Gasteiger partial charge is 0.326 e. The van der Waals surface area contributed by atoms with Gasteiger partial charge in [0.15, 0.2) is 0 Å². The number of carbonyl (C=O) groups is 3. The van der Waals surface area contributed by atoms with Gasteiger partial charge in [-0.2, -0.15) is 0 Å². The Hall–Kier alpha value is -1.63. The molecule has 0 unspecified atom stereocenters. The van der Waals surface area contributed by atoms with Gasteiger partial charge in [-0.1, -0.05) is 6.42 Å². The van der Waals surface area contributed by atoms with Crippen LogP contribution in [0.5, 0.6) is 0 Å². The predicted molar refractivity (Wildman–Crippen MR) is 63.3 cm³/mol. The van der Waals surface area contributed by atoms with Crippen molar-refractivity contribution in [3.8, 4) is 0 Å². The maximum absolute atomic E-state index is 11.7. The van der Waals surface area contributed by atoms with Gasteiger partial charge in [0.25, 0.3) is 0 Å². The molecular formula is C11H19N3O4. The zero-order valence-electron chi connectivity index (χ0n) is 10.1. The summed E-state index contributed by atoms with van der Waals surface area (Å²) >= 11 is 0. The van der Waals surface area contributed by atoms with Crippen LogP contribution in [0.15, 0.2) is 0 Å². The fourth-order valence-electron chi connectivity index (χ4n) is 2.12. The van der Waals surface area contributed by atoms with Crippen molar-refractivity contribution < 1.29 is 19.5 Å². The zero-order chi connectivity index (χ0) is 13.8. The van der Waals surface area contributed by atoms with Crippen molar-refractivity contribution in [3.63, 3.8) is 0 Å². The van der Waals surface area contributed by atoms with Crippen molar-refractivity contribution in [2.75, 3.05) is 6.54 Å². The Labute approximate surface area is 105 Å². The molecule has 1 aliphatic rings. The first-order chi connectivity index (χ1) is 8.38. The minimum absolute atomic E-state index is 0.195. The normalized spacial score (nSPS) is 18.5.